The predicted molar refractivity (Wildman–Crippen MR) is 112 cm³/mol. The lowest BCUT2D eigenvalue weighted by Gasteiger charge is -2.45. The molecule has 1 unspecified atom stereocenters. The second kappa shape index (κ2) is 7.74. The molecular formula is C23H27NO4S. The van der Waals surface area contributed by atoms with E-state index in [-0.39, 0.29) is 17.6 Å². The van der Waals surface area contributed by atoms with Gasteiger partial charge in [-0.1, -0.05) is 12.1 Å². The van der Waals surface area contributed by atoms with E-state index in [0.717, 1.165) is 55.9 Å². The lowest BCUT2D eigenvalue weighted by molar-refractivity contribution is -0.0946. The summed E-state index contributed by atoms with van der Waals surface area (Å²) in [6.45, 7) is 2.95. The van der Waals surface area contributed by atoms with Crippen molar-refractivity contribution in [2.24, 2.45) is 0 Å². The van der Waals surface area contributed by atoms with Crippen LogP contribution in [0.4, 0.5) is 0 Å². The van der Waals surface area contributed by atoms with Crippen molar-refractivity contribution in [2.45, 2.75) is 43.8 Å². The average molecular weight is 414 g/mol. The van der Waals surface area contributed by atoms with Gasteiger partial charge in [0.15, 0.2) is 0 Å². The number of carbonyl (C=O) groups excluding carboxylic acids is 1. The van der Waals surface area contributed by atoms with Gasteiger partial charge in [-0.25, -0.2) is 0 Å². The van der Waals surface area contributed by atoms with Gasteiger partial charge in [0.25, 0.3) is 5.91 Å². The van der Waals surface area contributed by atoms with E-state index in [9.17, 15) is 4.79 Å². The fourth-order valence-corrected chi connectivity index (χ4v) is 6.02. The van der Waals surface area contributed by atoms with E-state index < -0.39 is 0 Å². The van der Waals surface area contributed by atoms with Crippen molar-refractivity contribution in [1.29, 1.82) is 0 Å². The van der Waals surface area contributed by atoms with E-state index >= 15 is 0 Å². The van der Waals surface area contributed by atoms with Crippen LogP contribution in [-0.2, 0) is 21.5 Å². The summed E-state index contributed by atoms with van der Waals surface area (Å²) in [5, 5.41) is 0. The highest BCUT2D eigenvalue weighted by Crippen LogP contribution is 2.46. The summed E-state index contributed by atoms with van der Waals surface area (Å²) in [5.41, 5.74) is 2.17. The molecule has 6 heteroatoms. The number of likely N-dealkylation sites (tertiary alicyclic amines) is 1. The lowest BCUT2D eigenvalue weighted by atomic mass is 9.78. The molecule has 2 fully saturated rings. The highest BCUT2D eigenvalue weighted by atomic mass is 32.1. The number of piperidine rings is 1. The molecule has 1 amide bonds. The first-order chi connectivity index (χ1) is 14.2. The van der Waals surface area contributed by atoms with Gasteiger partial charge in [-0.15, -0.1) is 11.3 Å². The van der Waals surface area contributed by atoms with Gasteiger partial charge in [-0.2, -0.15) is 0 Å². The van der Waals surface area contributed by atoms with Crippen LogP contribution in [0.2, 0.25) is 0 Å². The number of hydrogen-bond acceptors (Lipinski definition) is 5. The summed E-state index contributed by atoms with van der Waals surface area (Å²) in [6.07, 6.45) is 4.85. The van der Waals surface area contributed by atoms with Crippen molar-refractivity contribution in [2.75, 3.05) is 33.4 Å². The molecule has 1 atom stereocenters. The van der Waals surface area contributed by atoms with Crippen LogP contribution in [0, 0.1) is 0 Å². The lowest BCUT2D eigenvalue weighted by Crippen LogP contribution is -2.48. The number of carbonyl (C=O) groups is 1. The largest absolute Gasteiger partial charge is 0.496 e. The number of amides is 1. The maximum atomic E-state index is 13.1. The van der Waals surface area contributed by atoms with Crippen LogP contribution in [0.1, 0.15) is 57.5 Å². The number of rotatable bonds is 3. The molecule has 0 saturated carbocycles. The second-order valence-electron chi connectivity index (χ2n) is 8.08. The molecule has 3 aliphatic rings. The van der Waals surface area contributed by atoms with E-state index in [0.29, 0.717) is 13.1 Å². The highest BCUT2D eigenvalue weighted by Gasteiger charge is 2.43. The zero-order valence-electron chi connectivity index (χ0n) is 16.8. The molecule has 5 nitrogen and oxygen atoms in total. The Hall–Kier alpha value is -1.89. The smallest absolute Gasteiger partial charge is 0.263 e. The first-order valence-corrected chi connectivity index (χ1v) is 11.3. The standard InChI is InChI=1S/C23H27NO4S/c1-26-18-5-2-4-16-9-15-28-23(21(16)18)10-12-24(13-11-23)22(25)20-8-7-19(29-20)17-6-3-14-27-17/h2,4-5,7-8,17H,3,6,9-15H2,1H3. The first kappa shape index (κ1) is 19.1. The van der Waals surface area contributed by atoms with Crippen LogP contribution in [0.5, 0.6) is 5.75 Å². The molecule has 2 saturated heterocycles. The predicted octanol–water partition coefficient (Wildman–Crippen LogP) is 4.31. The molecule has 3 aliphatic heterocycles. The van der Waals surface area contributed by atoms with Gasteiger partial charge in [-0.05, 0) is 55.9 Å². The monoisotopic (exact) mass is 413 g/mol. The minimum absolute atomic E-state index is 0.130. The van der Waals surface area contributed by atoms with Gasteiger partial charge < -0.3 is 19.1 Å². The van der Waals surface area contributed by atoms with Gasteiger partial charge in [0.05, 0.1) is 24.7 Å². The minimum Gasteiger partial charge on any atom is -0.496 e. The topological polar surface area (TPSA) is 48.0 Å². The molecule has 154 valence electrons. The zero-order chi connectivity index (χ0) is 19.8. The van der Waals surface area contributed by atoms with Gasteiger partial charge in [0, 0.05) is 30.1 Å². The Bertz CT molecular complexity index is 880. The van der Waals surface area contributed by atoms with Crippen molar-refractivity contribution < 1.29 is 19.0 Å². The Kier molecular flexibility index (Phi) is 5.10. The normalized spacial score (nSPS) is 23.2. The Morgan fingerprint density at radius 2 is 2.07 bits per heavy atom. The van der Waals surface area contributed by atoms with Gasteiger partial charge in [-0.3, -0.25) is 4.79 Å². The third-order valence-corrected chi connectivity index (χ3v) is 7.65. The molecule has 1 aromatic heterocycles. The second-order valence-corrected chi connectivity index (χ2v) is 9.20. The van der Waals surface area contributed by atoms with Crippen LogP contribution in [0.25, 0.3) is 0 Å². The van der Waals surface area contributed by atoms with Crippen LogP contribution >= 0.6 is 11.3 Å². The van der Waals surface area contributed by atoms with Crippen LogP contribution in [0.15, 0.2) is 30.3 Å². The van der Waals surface area contributed by atoms with Crippen molar-refractivity contribution in [1.82, 2.24) is 4.90 Å². The highest BCUT2D eigenvalue weighted by molar-refractivity contribution is 7.14. The summed E-state index contributed by atoms with van der Waals surface area (Å²) < 4.78 is 17.8. The number of nitrogens with zero attached hydrogens (tertiary/aromatic N) is 1. The Morgan fingerprint density at radius 1 is 1.21 bits per heavy atom. The van der Waals surface area contributed by atoms with E-state index in [4.69, 9.17) is 14.2 Å². The van der Waals surface area contributed by atoms with Gasteiger partial charge in [0.2, 0.25) is 0 Å². The van der Waals surface area contributed by atoms with E-state index in [1.54, 1.807) is 18.4 Å². The maximum Gasteiger partial charge on any atom is 0.263 e. The summed E-state index contributed by atoms with van der Waals surface area (Å²) >= 11 is 1.59. The van der Waals surface area contributed by atoms with E-state index in [1.807, 2.05) is 17.0 Å². The zero-order valence-corrected chi connectivity index (χ0v) is 17.6. The molecule has 4 heterocycles. The van der Waals surface area contributed by atoms with Crippen LogP contribution < -0.4 is 4.74 Å². The van der Waals surface area contributed by atoms with Crippen molar-refractivity contribution >= 4 is 17.2 Å². The van der Waals surface area contributed by atoms with Gasteiger partial charge in [0.1, 0.15) is 11.4 Å². The van der Waals surface area contributed by atoms with E-state index in [2.05, 4.69) is 18.2 Å². The van der Waals surface area contributed by atoms with Crippen molar-refractivity contribution in [3.05, 3.63) is 51.2 Å². The minimum atomic E-state index is -0.338. The molecular weight excluding hydrogens is 386 g/mol. The van der Waals surface area contributed by atoms with Crippen molar-refractivity contribution in [3.63, 3.8) is 0 Å². The van der Waals surface area contributed by atoms with Crippen LogP contribution in [-0.4, -0.2) is 44.2 Å². The molecule has 1 spiro atoms. The number of fused-ring (bicyclic) bond motifs is 2. The number of hydrogen-bond donors (Lipinski definition) is 0. The fourth-order valence-electron chi connectivity index (χ4n) is 4.96. The fraction of sp³-hybridized carbons (Fsp3) is 0.522. The number of benzene rings is 1. The third kappa shape index (κ3) is 3.37. The maximum absolute atomic E-state index is 13.1. The number of ether oxygens (including phenoxy) is 3. The third-order valence-electron chi connectivity index (χ3n) is 6.48. The Balaban J connectivity index is 1.32. The molecule has 2 aromatic rings. The van der Waals surface area contributed by atoms with E-state index in [1.165, 1.54) is 16.0 Å². The number of methoxy groups -OCH3 is 1. The molecule has 0 radical (unpaired) electrons. The summed E-state index contributed by atoms with van der Waals surface area (Å²) in [4.78, 5) is 17.1. The molecule has 0 N–H and O–H groups in total. The molecule has 29 heavy (non-hydrogen) atoms. The summed E-state index contributed by atoms with van der Waals surface area (Å²) in [5.74, 6) is 1.03. The quantitative estimate of drug-likeness (QED) is 0.752. The Morgan fingerprint density at radius 3 is 2.83 bits per heavy atom. The molecule has 0 bridgehead atoms. The molecule has 1 aromatic carbocycles. The summed E-state index contributed by atoms with van der Waals surface area (Å²) in [6, 6.07) is 10.3. The Labute approximate surface area is 175 Å². The molecule has 5 rings (SSSR count). The SMILES string of the molecule is COc1cccc2c1C1(CCN(C(=O)c3ccc(C4CCCO4)s3)CC1)OCC2. The van der Waals surface area contributed by atoms with Crippen molar-refractivity contribution in [3.8, 4) is 5.75 Å². The average Bonchev–Trinajstić information content (AvgIpc) is 3.45. The first-order valence-electron chi connectivity index (χ1n) is 10.5. The summed E-state index contributed by atoms with van der Waals surface area (Å²) in [7, 11) is 1.72. The molecule has 0 aliphatic carbocycles. The van der Waals surface area contributed by atoms with Gasteiger partial charge >= 0.3 is 0 Å². The van der Waals surface area contributed by atoms with Crippen LogP contribution in [0.3, 0.4) is 0 Å². The number of thiophene rings is 1.